The SMILES string of the molecule is CCN(CC(=O)O)C1CC(NC(=O)N2CC(COC)OC(C)(C)C2)C1. The van der Waals surface area contributed by atoms with Crippen LogP contribution in [0.25, 0.3) is 0 Å². The summed E-state index contributed by atoms with van der Waals surface area (Å²) in [6.07, 6.45) is 1.46. The monoisotopic (exact) mass is 357 g/mol. The summed E-state index contributed by atoms with van der Waals surface area (Å²) in [4.78, 5) is 27.2. The van der Waals surface area contributed by atoms with Gasteiger partial charge in [0.1, 0.15) is 0 Å². The Bertz CT molecular complexity index is 479. The molecule has 8 nitrogen and oxygen atoms in total. The number of urea groups is 1. The van der Waals surface area contributed by atoms with E-state index in [-0.39, 0.29) is 30.8 Å². The molecule has 2 fully saturated rings. The van der Waals surface area contributed by atoms with Crippen molar-refractivity contribution in [2.45, 2.75) is 57.4 Å². The van der Waals surface area contributed by atoms with Gasteiger partial charge in [0, 0.05) is 19.2 Å². The molecule has 1 atom stereocenters. The lowest BCUT2D eigenvalue weighted by Crippen LogP contribution is -2.61. The van der Waals surface area contributed by atoms with Crippen LogP contribution in [0.5, 0.6) is 0 Å². The molecule has 0 spiro atoms. The van der Waals surface area contributed by atoms with Gasteiger partial charge >= 0.3 is 12.0 Å². The molecule has 25 heavy (non-hydrogen) atoms. The van der Waals surface area contributed by atoms with Crippen molar-refractivity contribution in [3.63, 3.8) is 0 Å². The molecule has 2 amide bonds. The van der Waals surface area contributed by atoms with Gasteiger partial charge in [0.25, 0.3) is 0 Å². The first-order chi connectivity index (χ1) is 11.7. The number of carboxylic acid groups (broad SMARTS) is 1. The average Bonchev–Trinajstić information content (AvgIpc) is 2.46. The van der Waals surface area contributed by atoms with Crippen molar-refractivity contribution in [2.24, 2.45) is 0 Å². The third-order valence-electron chi connectivity index (χ3n) is 4.82. The number of hydrogen-bond acceptors (Lipinski definition) is 5. The standard InChI is InChI=1S/C17H31N3O5/c1-5-19(9-15(21)22)13-6-12(7-13)18-16(23)20-8-14(10-24-4)25-17(2,3)11-20/h12-14H,5-11H2,1-4H3,(H,18,23)(H,21,22). The molecule has 1 unspecified atom stereocenters. The van der Waals surface area contributed by atoms with Crippen molar-refractivity contribution >= 4 is 12.0 Å². The van der Waals surface area contributed by atoms with Crippen molar-refractivity contribution in [1.82, 2.24) is 15.1 Å². The number of carboxylic acids is 1. The average molecular weight is 357 g/mol. The quantitative estimate of drug-likeness (QED) is 0.699. The summed E-state index contributed by atoms with van der Waals surface area (Å²) in [5.74, 6) is -0.811. The molecule has 0 aromatic heterocycles. The normalized spacial score (nSPS) is 28.5. The molecule has 2 rings (SSSR count). The first-order valence-electron chi connectivity index (χ1n) is 8.92. The molecule has 144 valence electrons. The van der Waals surface area contributed by atoms with Gasteiger partial charge in [0.2, 0.25) is 0 Å². The molecule has 0 bridgehead atoms. The Morgan fingerprint density at radius 2 is 2.08 bits per heavy atom. The van der Waals surface area contributed by atoms with Crippen LogP contribution in [-0.4, -0.2) is 90.6 Å². The number of aliphatic carboxylic acids is 1. The highest BCUT2D eigenvalue weighted by Gasteiger charge is 2.39. The van der Waals surface area contributed by atoms with Gasteiger partial charge < -0.3 is 24.8 Å². The number of carbonyl (C=O) groups is 2. The van der Waals surface area contributed by atoms with Crippen molar-refractivity contribution < 1.29 is 24.2 Å². The van der Waals surface area contributed by atoms with Crippen LogP contribution in [0.2, 0.25) is 0 Å². The van der Waals surface area contributed by atoms with Gasteiger partial charge in [-0.15, -0.1) is 0 Å². The van der Waals surface area contributed by atoms with E-state index in [9.17, 15) is 9.59 Å². The molecule has 1 saturated heterocycles. The van der Waals surface area contributed by atoms with Crippen molar-refractivity contribution in [3.8, 4) is 0 Å². The van der Waals surface area contributed by atoms with Crippen LogP contribution >= 0.6 is 0 Å². The van der Waals surface area contributed by atoms with Gasteiger partial charge in [0.15, 0.2) is 0 Å². The maximum absolute atomic E-state index is 12.6. The first kappa shape index (κ1) is 19.9. The third-order valence-corrected chi connectivity index (χ3v) is 4.82. The lowest BCUT2D eigenvalue weighted by atomic mass is 9.85. The van der Waals surface area contributed by atoms with Crippen LogP contribution < -0.4 is 5.32 Å². The van der Waals surface area contributed by atoms with E-state index in [0.717, 1.165) is 12.8 Å². The van der Waals surface area contributed by atoms with E-state index in [1.807, 2.05) is 25.7 Å². The molecule has 1 heterocycles. The van der Waals surface area contributed by atoms with Crippen LogP contribution in [-0.2, 0) is 14.3 Å². The predicted octanol–water partition coefficient (Wildman–Crippen LogP) is 0.759. The molecule has 8 heteroatoms. The highest BCUT2D eigenvalue weighted by Crippen LogP contribution is 2.27. The predicted molar refractivity (Wildman–Crippen MR) is 92.6 cm³/mol. The van der Waals surface area contributed by atoms with E-state index in [2.05, 4.69) is 5.32 Å². The molecule has 1 aliphatic carbocycles. The Kier molecular flexibility index (Phi) is 6.65. The topological polar surface area (TPSA) is 91.3 Å². The van der Waals surface area contributed by atoms with Gasteiger partial charge in [-0.2, -0.15) is 0 Å². The number of amides is 2. The van der Waals surface area contributed by atoms with Gasteiger partial charge in [-0.3, -0.25) is 9.69 Å². The second kappa shape index (κ2) is 8.33. The Morgan fingerprint density at radius 1 is 1.40 bits per heavy atom. The van der Waals surface area contributed by atoms with Crippen molar-refractivity contribution in [1.29, 1.82) is 0 Å². The molecule has 2 aliphatic rings. The van der Waals surface area contributed by atoms with E-state index in [1.165, 1.54) is 0 Å². The van der Waals surface area contributed by atoms with Gasteiger partial charge in [-0.1, -0.05) is 6.92 Å². The summed E-state index contributed by atoms with van der Waals surface area (Å²) >= 11 is 0. The van der Waals surface area contributed by atoms with Gasteiger partial charge in [-0.05, 0) is 33.2 Å². The van der Waals surface area contributed by atoms with E-state index < -0.39 is 11.6 Å². The fraction of sp³-hybridized carbons (Fsp3) is 0.882. The number of hydrogen-bond donors (Lipinski definition) is 2. The number of nitrogens with zero attached hydrogens (tertiary/aromatic N) is 2. The third kappa shape index (κ3) is 5.55. The van der Waals surface area contributed by atoms with Crippen LogP contribution in [0.15, 0.2) is 0 Å². The molecule has 1 saturated carbocycles. The lowest BCUT2D eigenvalue weighted by molar-refractivity contribution is -0.142. The minimum absolute atomic E-state index is 0.0538. The highest BCUT2D eigenvalue weighted by atomic mass is 16.5. The molecule has 1 aliphatic heterocycles. The van der Waals surface area contributed by atoms with Crippen LogP contribution in [0.1, 0.15) is 33.6 Å². The van der Waals surface area contributed by atoms with Crippen LogP contribution in [0, 0.1) is 0 Å². The number of ether oxygens (including phenoxy) is 2. The second-order valence-electron chi connectivity index (χ2n) is 7.56. The number of morpholine rings is 1. The minimum atomic E-state index is -0.811. The summed E-state index contributed by atoms with van der Waals surface area (Å²) in [5.41, 5.74) is -0.401. The first-order valence-corrected chi connectivity index (χ1v) is 8.92. The van der Waals surface area contributed by atoms with E-state index in [4.69, 9.17) is 14.6 Å². The molecule has 0 aromatic carbocycles. The van der Waals surface area contributed by atoms with Crippen LogP contribution in [0.3, 0.4) is 0 Å². The minimum Gasteiger partial charge on any atom is -0.480 e. The largest absolute Gasteiger partial charge is 0.480 e. The molecule has 0 radical (unpaired) electrons. The fourth-order valence-electron chi connectivity index (χ4n) is 3.67. The molecular weight excluding hydrogens is 326 g/mol. The summed E-state index contributed by atoms with van der Waals surface area (Å²) in [6, 6.07) is 0.253. The Balaban J connectivity index is 1.81. The number of nitrogens with one attached hydrogen (secondary N) is 1. The number of carbonyl (C=O) groups excluding carboxylic acids is 1. The lowest BCUT2D eigenvalue weighted by Gasteiger charge is -2.45. The molecule has 0 aromatic rings. The summed E-state index contributed by atoms with van der Waals surface area (Å²) in [7, 11) is 1.63. The smallest absolute Gasteiger partial charge is 0.317 e. The molecular formula is C17H31N3O5. The van der Waals surface area contributed by atoms with Crippen molar-refractivity contribution in [3.05, 3.63) is 0 Å². The number of rotatable bonds is 7. The van der Waals surface area contributed by atoms with Gasteiger partial charge in [0.05, 0.1) is 37.9 Å². The van der Waals surface area contributed by atoms with E-state index in [0.29, 0.717) is 26.2 Å². The summed E-state index contributed by atoms with van der Waals surface area (Å²) in [6.45, 7) is 8.17. The number of likely N-dealkylation sites (N-methyl/N-ethyl adjacent to an activating group) is 1. The zero-order valence-corrected chi connectivity index (χ0v) is 15.7. The summed E-state index contributed by atoms with van der Waals surface area (Å²) in [5, 5.41) is 12.0. The Morgan fingerprint density at radius 3 is 2.64 bits per heavy atom. The van der Waals surface area contributed by atoms with Crippen molar-refractivity contribution in [2.75, 3.05) is 39.9 Å². The Labute approximate surface area is 149 Å². The maximum atomic E-state index is 12.6. The second-order valence-corrected chi connectivity index (χ2v) is 7.56. The Hall–Kier alpha value is -1.38. The highest BCUT2D eigenvalue weighted by molar-refractivity contribution is 5.75. The molecule has 2 N–H and O–H groups in total. The van der Waals surface area contributed by atoms with E-state index >= 15 is 0 Å². The fourth-order valence-corrected chi connectivity index (χ4v) is 3.67. The number of methoxy groups -OCH3 is 1. The van der Waals surface area contributed by atoms with Crippen LogP contribution in [0.4, 0.5) is 4.79 Å². The summed E-state index contributed by atoms with van der Waals surface area (Å²) < 4.78 is 11.1. The zero-order chi connectivity index (χ0) is 18.6. The zero-order valence-electron chi connectivity index (χ0n) is 15.7. The van der Waals surface area contributed by atoms with Gasteiger partial charge in [-0.25, -0.2) is 4.79 Å². The van der Waals surface area contributed by atoms with E-state index in [1.54, 1.807) is 12.0 Å². The maximum Gasteiger partial charge on any atom is 0.317 e.